The largest absolute Gasteiger partial charge is 0.488 e. The number of halogens is 2. The van der Waals surface area contributed by atoms with Gasteiger partial charge in [0.1, 0.15) is 17.7 Å². The summed E-state index contributed by atoms with van der Waals surface area (Å²) in [7, 11) is 0. The molecule has 6 nitrogen and oxygen atoms in total. The Morgan fingerprint density at radius 1 is 1.19 bits per heavy atom. The third-order valence-electron chi connectivity index (χ3n) is 3.59. The second kappa shape index (κ2) is 14.5. The SMILES string of the molecule is CCNC(=NCC(CC)Oc1cccc(F)c1)NCCNC(=O)C(C)C.I. The van der Waals surface area contributed by atoms with Crippen LogP contribution in [0.3, 0.4) is 0 Å². The zero-order valence-electron chi connectivity index (χ0n) is 16.5. The molecule has 0 aliphatic heterocycles. The standard InChI is InChI=1S/C19H31FN4O2.HI/c1-5-16(26-17-9-7-8-15(20)12-17)13-24-19(21-6-2)23-11-10-22-18(25)14(3)4;/h7-9,12,14,16H,5-6,10-11,13H2,1-4H3,(H,22,25)(H2,21,23,24);1H. The van der Waals surface area contributed by atoms with E-state index in [4.69, 9.17) is 4.74 Å². The van der Waals surface area contributed by atoms with E-state index in [9.17, 15) is 9.18 Å². The van der Waals surface area contributed by atoms with Gasteiger partial charge in [-0.2, -0.15) is 0 Å². The smallest absolute Gasteiger partial charge is 0.222 e. The number of benzene rings is 1. The Morgan fingerprint density at radius 3 is 2.48 bits per heavy atom. The van der Waals surface area contributed by atoms with Crippen molar-refractivity contribution in [1.29, 1.82) is 0 Å². The monoisotopic (exact) mass is 494 g/mol. The highest BCUT2D eigenvalue weighted by Crippen LogP contribution is 2.15. The molecule has 0 saturated heterocycles. The van der Waals surface area contributed by atoms with E-state index in [1.165, 1.54) is 12.1 Å². The van der Waals surface area contributed by atoms with Crippen molar-refractivity contribution in [2.45, 2.75) is 40.2 Å². The fourth-order valence-corrected chi connectivity index (χ4v) is 2.09. The molecular formula is C19H32FIN4O2. The molecule has 0 heterocycles. The first-order valence-electron chi connectivity index (χ1n) is 9.18. The van der Waals surface area contributed by atoms with Gasteiger partial charge in [0.15, 0.2) is 5.96 Å². The number of guanidine groups is 1. The van der Waals surface area contributed by atoms with Gasteiger partial charge in [0, 0.05) is 31.6 Å². The number of hydrogen-bond acceptors (Lipinski definition) is 3. The van der Waals surface area contributed by atoms with Crippen molar-refractivity contribution in [2.75, 3.05) is 26.2 Å². The van der Waals surface area contributed by atoms with Crippen LogP contribution in [0.5, 0.6) is 5.75 Å². The van der Waals surface area contributed by atoms with Crippen LogP contribution in [0, 0.1) is 11.7 Å². The van der Waals surface area contributed by atoms with E-state index in [2.05, 4.69) is 20.9 Å². The maximum atomic E-state index is 13.3. The summed E-state index contributed by atoms with van der Waals surface area (Å²) in [6.45, 7) is 9.98. The molecular weight excluding hydrogens is 462 g/mol. The summed E-state index contributed by atoms with van der Waals surface area (Å²) in [6.07, 6.45) is 0.608. The van der Waals surface area contributed by atoms with Crippen LogP contribution in [0.25, 0.3) is 0 Å². The Balaban J connectivity index is 0.00000676. The maximum Gasteiger partial charge on any atom is 0.222 e. The molecule has 154 valence electrons. The highest BCUT2D eigenvalue weighted by atomic mass is 127. The van der Waals surface area contributed by atoms with Crippen molar-refractivity contribution >= 4 is 35.8 Å². The summed E-state index contributed by atoms with van der Waals surface area (Å²) in [5.74, 6) is 0.846. The number of carbonyl (C=O) groups excluding carboxylic acids is 1. The van der Waals surface area contributed by atoms with Crippen LogP contribution < -0.4 is 20.7 Å². The van der Waals surface area contributed by atoms with Crippen molar-refractivity contribution in [1.82, 2.24) is 16.0 Å². The van der Waals surface area contributed by atoms with E-state index in [-0.39, 0.29) is 47.7 Å². The van der Waals surface area contributed by atoms with Gasteiger partial charge < -0.3 is 20.7 Å². The molecule has 1 aromatic rings. The van der Waals surface area contributed by atoms with E-state index >= 15 is 0 Å². The summed E-state index contributed by atoms with van der Waals surface area (Å²) in [6, 6.07) is 6.11. The Labute approximate surface area is 178 Å². The molecule has 0 radical (unpaired) electrons. The number of ether oxygens (including phenoxy) is 1. The highest BCUT2D eigenvalue weighted by Gasteiger charge is 2.09. The molecule has 8 heteroatoms. The molecule has 0 aliphatic rings. The molecule has 27 heavy (non-hydrogen) atoms. The number of aliphatic imine (C=N–C) groups is 1. The Morgan fingerprint density at radius 2 is 1.89 bits per heavy atom. The predicted octanol–water partition coefficient (Wildman–Crippen LogP) is 2.93. The Bertz CT molecular complexity index is 585. The van der Waals surface area contributed by atoms with Gasteiger partial charge in [-0.05, 0) is 25.5 Å². The van der Waals surface area contributed by atoms with Gasteiger partial charge in [-0.1, -0.05) is 26.8 Å². The van der Waals surface area contributed by atoms with E-state index in [1.807, 2.05) is 27.7 Å². The first kappa shape index (κ1) is 25.4. The van der Waals surface area contributed by atoms with Crippen molar-refractivity contribution in [3.05, 3.63) is 30.1 Å². The number of rotatable bonds is 10. The topological polar surface area (TPSA) is 74.8 Å². The molecule has 0 bridgehead atoms. The van der Waals surface area contributed by atoms with E-state index in [0.29, 0.717) is 31.3 Å². The Hall–Kier alpha value is -1.58. The lowest BCUT2D eigenvalue weighted by molar-refractivity contribution is -0.123. The quantitative estimate of drug-likeness (QED) is 0.203. The number of amides is 1. The lowest BCUT2D eigenvalue weighted by Gasteiger charge is -2.17. The number of carbonyl (C=O) groups is 1. The van der Waals surface area contributed by atoms with Gasteiger partial charge in [-0.15, -0.1) is 24.0 Å². The average Bonchev–Trinajstić information content (AvgIpc) is 2.61. The molecule has 0 fully saturated rings. The fourth-order valence-electron chi connectivity index (χ4n) is 2.09. The van der Waals surface area contributed by atoms with Gasteiger partial charge in [0.25, 0.3) is 0 Å². The molecule has 0 saturated carbocycles. The average molecular weight is 494 g/mol. The zero-order valence-corrected chi connectivity index (χ0v) is 18.9. The van der Waals surface area contributed by atoms with Crippen LogP contribution >= 0.6 is 24.0 Å². The van der Waals surface area contributed by atoms with Crippen LogP contribution in [0.15, 0.2) is 29.3 Å². The van der Waals surface area contributed by atoms with Crippen LogP contribution in [-0.2, 0) is 4.79 Å². The van der Waals surface area contributed by atoms with Gasteiger partial charge in [0.2, 0.25) is 5.91 Å². The molecule has 1 atom stereocenters. The molecule has 0 spiro atoms. The number of nitrogens with one attached hydrogen (secondary N) is 3. The summed E-state index contributed by atoms with van der Waals surface area (Å²) >= 11 is 0. The van der Waals surface area contributed by atoms with Gasteiger partial charge in [-0.25, -0.2) is 9.38 Å². The second-order valence-corrected chi connectivity index (χ2v) is 6.20. The van der Waals surface area contributed by atoms with Crippen LogP contribution in [0.4, 0.5) is 4.39 Å². The van der Waals surface area contributed by atoms with Crippen LogP contribution in [-0.4, -0.2) is 44.1 Å². The minimum Gasteiger partial charge on any atom is -0.488 e. The normalized spacial score (nSPS) is 12.1. The number of hydrogen-bond donors (Lipinski definition) is 3. The van der Waals surface area contributed by atoms with Crippen molar-refractivity contribution < 1.29 is 13.9 Å². The van der Waals surface area contributed by atoms with E-state index in [0.717, 1.165) is 13.0 Å². The molecule has 0 aromatic heterocycles. The lowest BCUT2D eigenvalue weighted by atomic mass is 10.2. The number of nitrogens with zero attached hydrogens (tertiary/aromatic N) is 1. The second-order valence-electron chi connectivity index (χ2n) is 6.20. The summed E-state index contributed by atoms with van der Waals surface area (Å²) in [4.78, 5) is 16.1. The van der Waals surface area contributed by atoms with Crippen molar-refractivity contribution in [3.63, 3.8) is 0 Å². The molecule has 3 N–H and O–H groups in total. The molecule has 1 unspecified atom stereocenters. The highest BCUT2D eigenvalue weighted by molar-refractivity contribution is 14.0. The zero-order chi connectivity index (χ0) is 19.4. The fraction of sp³-hybridized carbons (Fsp3) is 0.579. The first-order valence-corrected chi connectivity index (χ1v) is 9.18. The van der Waals surface area contributed by atoms with E-state index in [1.54, 1.807) is 12.1 Å². The minimum atomic E-state index is -0.320. The van der Waals surface area contributed by atoms with Crippen LogP contribution in [0.2, 0.25) is 0 Å². The van der Waals surface area contributed by atoms with Gasteiger partial charge in [0.05, 0.1) is 6.54 Å². The molecule has 1 aromatic carbocycles. The summed E-state index contributed by atoms with van der Waals surface area (Å²) in [5, 5.41) is 9.18. The minimum absolute atomic E-state index is 0. The summed E-state index contributed by atoms with van der Waals surface area (Å²) in [5.41, 5.74) is 0. The Kier molecular flexibility index (Phi) is 13.6. The van der Waals surface area contributed by atoms with Gasteiger partial charge >= 0.3 is 0 Å². The molecule has 0 aliphatic carbocycles. The molecule has 1 amide bonds. The predicted molar refractivity (Wildman–Crippen MR) is 118 cm³/mol. The summed E-state index contributed by atoms with van der Waals surface area (Å²) < 4.78 is 19.1. The third kappa shape index (κ3) is 11.0. The first-order chi connectivity index (χ1) is 12.5. The molecule has 1 rings (SSSR count). The lowest BCUT2D eigenvalue weighted by Crippen LogP contribution is -2.42. The van der Waals surface area contributed by atoms with Crippen molar-refractivity contribution in [2.24, 2.45) is 10.9 Å². The maximum absolute atomic E-state index is 13.3. The van der Waals surface area contributed by atoms with Gasteiger partial charge in [-0.3, -0.25) is 4.79 Å². The third-order valence-corrected chi connectivity index (χ3v) is 3.59. The van der Waals surface area contributed by atoms with Crippen LogP contribution in [0.1, 0.15) is 34.1 Å². The van der Waals surface area contributed by atoms with E-state index < -0.39 is 0 Å². The van der Waals surface area contributed by atoms with Crippen molar-refractivity contribution in [3.8, 4) is 5.75 Å².